The highest BCUT2D eigenvalue weighted by Crippen LogP contribution is 2.27. The van der Waals surface area contributed by atoms with Crippen LogP contribution in [0.5, 0.6) is 17.2 Å². The summed E-state index contributed by atoms with van der Waals surface area (Å²) in [6, 6.07) is 12.0. The smallest absolute Gasteiger partial charge is 0.265 e. The Morgan fingerprint density at radius 3 is 2.26 bits per heavy atom. The maximum Gasteiger partial charge on any atom is 0.265 e. The van der Waals surface area contributed by atoms with Crippen molar-refractivity contribution in [3.63, 3.8) is 0 Å². The van der Waals surface area contributed by atoms with Gasteiger partial charge < -0.3 is 19.5 Å². The summed E-state index contributed by atoms with van der Waals surface area (Å²) in [7, 11) is 3.12. The Bertz CT molecular complexity index is 673. The number of carbonyl (C=O) groups excluding carboxylic acids is 1. The second-order valence-corrected chi connectivity index (χ2v) is 5.18. The molecule has 0 aliphatic rings. The number of methoxy groups -OCH3 is 2. The summed E-state index contributed by atoms with van der Waals surface area (Å²) in [5.74, 6) is 1.58. The Labute approximate surface area is 140 Å². The fourth-order valence-corrected chi connectivity index (χ4v) is 2.16. The minimum Gasteiger partial charge on any atom is -0.497 e. The Hall–Kier alpha value is -2.40. The van der Waals surface area contributed by atoms with Crippen molar-refractivity contribution >= 4 is 23.2 Å². The van der Waals surface area contributed by atoms with Gasteiger partial charge in [-0.05, 0) is 49.4 Å². The number of amides is 1. The van der Waals surface area contributed by atoms with Gasteiger partial charge in [0.15, 0.2) is 6.10 Å². The van der Waals surface area contributed by atoms with Crippen molar-refractivity contribution in [2.45, 2.75) is 13.0 Å². The zero-order chi connectivity index (χ0) is 16.8. The number of nitrogens with one attached hydrogen (secondary N) is 1. The standard InChI is InChI=1S/C17H18ClNO4/c1-11(23-14-7-5-13(21-2)6-8-14)17(20)19-12-4-9-16(22-3)15(18)10-12/h4-11H,1-3H3,(H,19,20). The van der Waals surface area contributed by atoms with E-state index in [-0.39, 0.29) is 5.91 Å². The van der Waals surface area contributed by atoms with Gasteiger partial charge in [0, 0.05) is 5.69 Å². The summed E-state index contributed by atoms with van der Waals surface area (Å²) in [4.78, 5) is 12.2. The van der Waals surface area contributed by atoms with E-state index in [1.54, 1.807) is 56.5 Å². The number of halogens is 1. The van der Waals surface area contributed by atoms with Crippen LogP contribution in [-0.4, -0.2) is 26.2 Å². The van der Waals surface area contributed by atoms with Crippen LogP contribution in [-0.2, 0) is 4.79 Å². The van der Waals surface area contributed by atoms with E-state index in [1.807, 2.05) is 0 Å². The van der Waals surface area contributed by atoms with Crippen LogP contribution in [0.25, 0.3) is 0 Å². The summed E-state index contributed by atoms with van der Waals surface area (Å²) in [6.45, 7) is 1.67. The first-order valence-electron chi connectivity index (χ1n) is 6.98. The van der Waals surface area contributed by atoms with Crippen LogP contribution in [0, 0.1) is 0 Å². The minimum absolute atomic E-state index is 0.276. The summed E-state index contributed by atoms with van der Waals surface area (Å²) < 4.78 is 15.7. The van der Waals surface area contributed by atoms with Crippen LogP contribution >= 0.6 is 11.6 Å². The van der Waals surface area contributed by atoms with Gasteiger partial charge in [0.05, 0.1) is 19.2 Å². The second-order valence-electron chi connectivity index (χ2n) is 4.77. The van der Waals surface area contributed by atoms with Gasteiger partial charge in [-0.15, -0.1) is 0 Å². The quantitative estimate of drug-likeness (QED) is 0.873. The lowest BCUT2D eigenvalue weighted by Crippen LogP contribution is -2.30. The number of ether oxygens (including phenoxy) is 3. The average molecular weight is 336 g/mol. The second kappa shape index (κ2) is 7.74. The van der Waals surface area contributed by atoms with Crippen molar-refractivity contribution in [2.24, 2.45) is 0 Å². The molecule has 1 unspecified atom stereocenters. The molecule has 0 spiro atoms. The first-order valence-corrected chi connectivity index (χ1v) is 7.36. The number of hydrogen-bond acceptors (Lipinski definition) is 4. The molecular weight excluding hydrogens is 318 g/mol. The van der Waals surface area contributed by atoms with Crippen molar-refractivity contribution in [1.29, 1.82) is 0 Å². The maximum absolute atomic E-state index is 12.2. The fraction of sp³-hybridized carbons (Fsp3) is 0.235. The predicted molar refractivity (Wildman–Crippen MR) is 89.7 cm³/mol. The van der Waals surface area contributed by atoms with Gasteiger partial charge >= 0.3 is 0 Å². The molecule has 2 aromatic carbocycles. The molecule has 1 atom stereocenters. The highest BCUT2D eigenvalue weighted by Gasteiger charge is 2.15. The van der Waals surface area contributed by atoms with E-state index in [0.29, 0.717) is 22.2 Å². The number of rotatable bonds is 6. The van der Waals surface area contributed by atoms with Gasteiger partial charge in [0.1, 0.15) is 17.2 Å². The van der Waals surface area contributed by atoms with Crippen LogP contribution in [0.4, 0.5) is 5.69 Å². The van der Waals surface area contributed by atoms with Crippen molar-refractivity contribution in [3.05, 3.63) is 47.5 Å². The molecule has 6 heteroatoms. The van der Waals surface area contributed by atoms with Crippen molar-refractivity contribution in [1.82, 2.24) is 0 Å². The van der Waals surface area contributed by atoms with Gasteiger partial charge in [-0.1, -0.05) is 11.6 Å². The zero-order valence-corrected chi connectivity index (χ0v) is 13.9. The third-order valence-electron chi connectivity index (χ3n) is 3.16. The Morgan fingerprint density at radius 1 is 1.04 bits per heavy atom. The Kier molecular flexibility index (Phi) is 5.71. The van der Waals surface area contributed by atoms with E-state index in [4.69, 9.17) is 25.8 Å². The molecule has 1 N–H and O–H groups in total. The molecule has 0 aromatic heterocycles. The summed E-state index contributed by atoms with van der Waals surface area (Å²) in [5.41, 5.74) is 0.575. The van der Waals surface area contributed by atoms with E-state index in [9.17, 15) is 4.79 Å². The zero-order valence-electron chi connectivity index (χ0n) is 13.1. The third kappa shape index (κ3) is 4.53. The Balaban J connectivity index is 1.97. The van der Waals surface area contributed by atoms with Gasteiger partial charge in [0.25, 0.3) is 5.91 Å². The highest BCUT2D eigenvalue weighted by molar-refractivity contribution is 6.32. The molecule has 1 amide bonds. The minimum atomic E-state index is -0.663. The number of carbonyl (C=O) groups is 1. The van der Waals surface area contributed by atoms with E-state index in [2.05, 4.69) is 5.32 Å². The van der Waals surface area contributed by atoms with Crippen LogP contribution in [0.3, 0.4) is 0 Å². The molecule has 0 aliphatic carbocycles. The fourth-order valence-electron chi connectivity index (χ4n) is 1.90. The molecule has 0 saturated heterocycles. The lowest BCUT2D eigenvalue weighted by Gasteiger charge is -2.15. The lowest BCUT2D eigenvalue weighted by molar-refractivity contribution is -0.122. The predicted octanol–water partition coefficient (Wildman–Crippen LogP) is 3.76. The molecule has 0 bridgehead atoms. The highest BCUT2D eigenvalue weighted by atomic mass is 35.5. The molecule has 2 rings (SSSR count). The molecule has 0 radical (unpaired) electrons. The number of anilines is 1. The molecule has 0 saturated carbocycles. The summed E-state index contributed by atoms with van der Waals surface area (Å²) in [6.07, 6.45) is -0.663. The first-order chi connectivity index (χ1) is 11.0. The van der Waals surface area contributed by atoms with Crippen LogP contribution in [0.2, 0.25) is 5.02 Å². The van der Waals surface area contributed by atoms with Crippen LogP contribution in [0.1, 0.15) is 6.92 Å². The topological polar surface area (TPSA) is 56.8 Å². The molecule has 5 nitrogen and oxygen atoms in total. The summed E-state index contributed by atoms with van der Waals surface area (Å²) >= 11 is 6.03. The van der Waals surface area contributed by atoms with E-state index < -0.39 is 6.10 Å². The van der Waals surface area contributed by atoms with Gasteiger partial charge in [-0.3, -0.25) is 4.79 Å². The van der Waals surface area contributed by atoms with Gasteiger partial charge in [-0.2, -0.15) is 0 Å². The van der Waals surface area contributed by atoms with Crippen molar-refractivity contribution in [3.8, 4) is 17.2 Å². The Morgan fingerprint density at radius 2 is 1.70 bits per heavy atom. The summed E-state index contributed by atoms with van der Waals surface area (Å²) in [5, 5.41) is 3.17. The van der Waals surface area contributed by atoms with E-state index in [0.717, 1.165) is 5.75 Å². The largest absolute Gasteiger partial charge is 0.497 e. The molecule has 122 valence electrons. The van der Waals surface area contributed by atoms with Crippen LogP contribution < -0.4 is 19.5 Å². The van der Waals surface area contributed by atoms with Crippen molar-refractivity contribution in [2.75, 3.05) is 19.5 Å². The van der Waals surface area contributed by atoms with E-state index in [1.165, 1.54) is 7.11 Å². The SMILES string of the molecule is COc1ccc(OC(C)C(=O)Nc2ccc(OC)c(Cl)c2)cc1. The molecule has 0 fully saturated rings. The maximum atomic E-state index is 12.2. The molecule has 2 aromatic rings. The lowest BCUT2D eigenvalue weighted by atomic mass is 10.2. The van der Waals surface area contributed by atoms with Crippen molar-refractivity contribution < 1.29 is 19.0 Å². The average Bonchev–Trinajstić information content (AvgIpc) is 2.55. The molecule has 0 aliphatic heterocycles. The van der Waals surface area contributed by atoms with Gasteiger partial charge in [-0.25, -0.2) is 0 Å². The first kappa shape index (κ1) is 17.0. The number of hydrogen-bond donors (Lipinski definition) is 1. The molecule has 23 heavy (non-hydrogen) atoms. The van der Waals surface area contributed by atoms with Crippen LogP contribution in [0.15, 0.2) is 42.5 Å². The molecule has 0 heterocycles. The third-order valence-corrected chi connectivity index (χ3v) is 3.46. The number of benzene rings is 2. The molecular formula is C17H18ClNO4. The van der Waals surface area contributed by atoms with E-state index >= 15 is 0 Å². The normalized spacial score (nSPS) is 11.5. The van der Waals surface area contributed by atoms with Gasteiger partial charge in [0.2, 0.25) is 0 Å². The monoisotopic (exact) mass is 335 g/mol.